The van der Waals surface area contributed by atoms with Gasteiger partial charge in [0.15, 0.2) is 12.6 Å². The number of hydrogen-bond acceptors (Lipinski definition) is 15. The number of carbonyl (C=O) groups is 1. The van der Waals surface area contributed by atoms with E-state index in [2.05, 4.69) is 10.6 Å². The molecule has 0 bridgehead atoms. The van der Waals surface area contributed by atoms with Crippen LogP contribution in [0.5, 0.6) is 0 Å². The van der Waals surface area contributed by atoms with Gasteiger partial charge in [-0.3, -0.25) is 4.79 Å². The number of likely N-dealkylation sites (N-methyl/N-ethyl adjacent to an activating group) is 1. The lowest BCUT2D eigenvalue weighted by molar-refractivity contribution is -0.336. The number of carbonyl (C=O) groups excluding carboxylic acids is 1. The number of methoxy groups -OCH3 is 1. The van der Waals surface area contributed by atoms with Gasteiger partial charge in [0.25, 0.3) is 0 Å². The minimum atomic E-state index is -1.81. The topological polar surface area (TPSA) is 201 Å². The zero-order valence-corrected chi connectivity index (χ0v) is 37.1. The summed E-state index contributed by atoms with van der Waals surface area (Å²) in [7, 11) is 5.33. The average Bonchev–Trinajstić information content (AvgIpc) is 3.96. The molecule has 334 valence electrons. The van der Waals surface area contributed by atoms with Crippen molar-refractivity contribution < 1.29 is 58.7 Å². The molecule has 0 unspecified atom stereocenters. The zero-order chi connectivity index (χ0) is 42.8. The lowest BCUT2D eigenvalue weighted by Crippen LogP contribution is -2.70. The fourth-order valence-electron chi connectivity index (χ4n) is 9.54. The maximum atomic E-state index is 14.3. The van der Waals surface area contributed by atoms with E-state index in [-0.39, 0.29) is 43.9 Å². The van der Waals surface area contributed by atoms with Gasteiger partial charge in [-0.2, -0.15) is 0 Å². The van der Waals surface area contributed by atoms with Gasteiger partial charge in [0, 0.05) is 38.1 Å². The number of aliphatic hydroxyl groups excluding tert-OH is 2. The van der Waals surface area contributed by atoms with Crippen molar-refractivity contribution in [3.05, 3.63) is 0 Å². The molecule has 57 heavy (non-hydrogen) atoms. The Balaban J connectivity index is 1.77. The van der Waals surface area contributed by atoms with Crippen LogP contribution in [0.15, 0.2) is 0 Å². The van der Waals surface area contributed by atoms with Crippen molar-refractivity contribution in [3.63, 3.8) is 0 Å². The number of nitrogens with zero attached hydrogens (tertiary/aromatic N) is 1. The lowest BCUT2D eigenvalue weighted by Gasteiger charge is -2.53. The van der Waals surface area contributed by atoms with E-state index in [1.165, 1.54) is 19.8 Å². The van der Waals surface area contributed by atoms with E-state index in [1.807, 2.05) is 46.7 Å². The summed E-state index contributed by atoms with van der Waals surface area (Å²) in [5.74, 6) is -2.05. The van der Waals surface area contributed by atoms with Gasteiger partial charge in [-0.05, 0) is 120 Å². The monoisotopic (exact) mass is 818 g/mol. The molecule has 0 aromatic rings. The van der Waals surface area contributed by atoms with Gasteiger partial charge >= 0.3 is 5.97 Å². The standard InChI is InChI=1S/C42H79N3O12/c1-14-31-41(10,50)35(47)27(6)44-20-23(2)18-39(8,49)36(57-38-33(46)30(45(11)12)17-24(3)53-38)25(4)34(26(5)37(48)55-31)56-32-19-40(9,52-13)42(51,28(7)54-32)22-43-21-29-15-16-29/h23-36,38,43-44,46-47,49-51H,14-22H2,1-13H3/t23-,24-,25+,26-,27-,28+,30+,31-,32+,33-,34+,35-,36-,38+,39-,40-,41-,42-/m1/s1. The fourth-order valence-corrected chi connectivity index (χ4v) is 9.54. The predicted molar refractivity (Wildman–Crippen MR) is 214 cm³/mol. The molecule has 3 aliphatic heterocycles. The quantitative estimate of drug-likeness (QED) is 0.149. The van der Waals surface area contributed by atoms with Crippen LogP contribution in [0.25, 0.3) is 0 Å². The minimum absolute atomic E-state index is 0.105. The Morgan fingerprint density at radius 3 is 2.19 bits per heavy atom. The van der Waals surface area contributed by atoms with E-state index in [1.54, 1.807) is 41.7 Å². The first kappa shape index (κ1) is 48.6. The normalized spacial score (nSPS) is 48.6. The molecule has 0 radical (unpaired) electrons. The number of hydrogen-bond donors (Lipinski definition) is 7. The second-order valence-corrected chi connectivity index (χ2v) is 19.1. The van der Waals surface area contributed by atoms with Crippen molar-refractivity contribution in [2.45, 2.75) is 198 Å². The van der Waals surface area contributed by atoms with Crippen molar-refractivity contribution >= 4 is 5.97 Å². The molecule has 1 saturated carbocycles. The fraction of sp³-hybridized carbons (Fsp3) is 0.976. The largest absolute Gasteiger partial charge is 0.459 e. The Morgan fingerprint density at radius 1 is 0.965 bits per heavy atom. The Morgan fingerprint density at radius 2 is 1.61 bits per heavy atom. The van der Waals surface area contributed by atoms with E-state index in [4.69, 9.17) is 28.4 Å². The second-order valence-electron chi connectivity index (χ2n) is 19.1. The molecule has 0 spiro atoms. The first-order chi connectivity index (χ1) is 26.4. The highest BCUT2D eigenvalue weighted by atomic mass is 16.7. The summed E-state index contributed by atoms with van der Waals surface area (Å²) in [6, 6.07) is -0.874. The molecule has 18 atom stereocenters. The molecule has 0 aromatic carbocycles. The van der Waals surface area contributed by atoms with E-state index in [9.17, 15) is 30.3 Å². The Hall–Kier alpha value is -1.05. The summed E-state index contributed by atoms with van der Waals surface area (Å²) < 4.78 is 38.4. The van der Waals surface area contributed by atoms with Crippen LogP contribution in [-0.2, 0) is 33.2 Å². The van der Waals surface area contributed by atoms with Gasteiger partial charge in [-0.25, -0.2) is 0 Å². The third-order valence-corrected chi connectivity index (χ3v) is 13.7. The highest BCUT2D eigenvalue weighted by molar-refractivity contribution is 5.73. The molecular formula is C42H79N3O12. The number of nitrogens with one attached hydrogen (secondary N) is 2. The van der Waals surface area contributed by atoms with Crippen LogP contribution < -0.4 is 10.6 Å². The van der Waals surface area contributed by atoms with Gasteiger partial charge in [0.05, 0.1) is 35.9 Å². The molecule has 3 saturated heterocycles. The molecule has 15 nitrogen and oxygen atoms in total. The molecule has 4 rings (SSSR count). The van der Waals surface area contributed by atoms with E-state index in [0.29, 0.717) is 18.9 Å². The highest BCUT2D eigenvalue weighted by Gasteiger charge is 2.58. The number of rotatable bonds is 11. The summed E-state index contributed by atoms with van der Waals surface area (Å²) in [6.45, 7) is 19.1. The van der Waals surface area contributed by atoms with Gasteiger partial charge in [-0.1, -0.05) is 20.8 Å². The summed E-state index contributed by atoms with van der Waals surface area (Å²) in [4.78, 5) is 16.3. The molecule has 4 fully saturated rings. The maximum absolute atomic E-state index is 14.3. The molecule has 0 amide bonds. The van der Waals surface area contributed by atoms with Gasteiger partial charge in [-0.15, -0.1) is 0 Å². The van der Waals surface area contributed by atoms with Gasteiger partial charge < -0.3 is 69.5 Å². The lowest BCUT2D eigenvalue weighted by atomic mass is 9.75. The molecule has 7 N–H and O–H groups in total. The van der Waals surface area contributed by atoms with Crippen LogP contribution in [0.2, 0.25) is 0 Å². The molecule has 1 aliphatic carbocycles. The summed E-state index contributed by atoms with van der Waals surface area (Å²) in [5, 5.41) is 66.1. The smallest absolute Gasteiger partial charge is 0.311 e. The Labute approximate surface area is 341 Å². The Kier molecular flexibility index (Phi) is 16.5. The van der Waals surface area contributed by atoms with Crippen molar-refractivity contribution in [1.29, 1.82) is 0 Å². The average molecular weight is 818 g/mol. The van der Waals surface area contributed by atoms with Crippen molar-refractivity contribution in [2.75, 3.05) is 40.8 Å². The van der Waals surface area contributed by atoms with Gasteiger partial charge in [0.2, 0.25) is 0 Å². The van der Waals surface area contributed by atoms with E-state index in [0.717, 1.165) is 6.54 Å². The second kappa shape index (κ2) is 19.3. The zero-order valence-electron chi connectivity index (χ0n) is 37.1. The summed E-state index contributed by atoms with van der Waals surface area (Å²) >= 11 is 0. The van der Waals surface area contributed by atoms with Crippen LogP contribution in [0, 0.1) is 23.7 Å². The van der Waals surface area contributed by atoms with Crippen molar-refractivity contribution in [3.8, 4) is 0 Å². The van der Waals surface area contributed by atoms with Crippen LogP contribution in [-0.4, -0.2) is 167 Å². The van der Waals surface area contributed by atoms with Crippen LogP contribution >= 0.6 is 0 Å². The number of ether oxygens (including phenoxy) is 6. The maximum Gasteiger partial charge on any atom is 0.311 e. The summed E-state index contributed by atoms with van der Waals surface area (Å²) in [6.07, 6.45) is -5.19. The molecular weight excluding hydrogens is 738 g/mol. The van der Waals surface area contributed by atoms with E-state index >= 15 is 0 Å². The SMILES string of the molecule is CC[C@H]1OC(=O)[C@H](C)[C@@H](O[C@H]2C[C@@](C)(OC)[C@@](O)(CNCC3CC3)[C@H](C)O2)[C@H](C)[C@@H](O[C@@H]2O[C@H](C)C[C@H](N(C)C)[C@H]2O)[C@](C)(O)C[C@@H](C)CN[C@H](C)[C@@H](O)[C@]1(C)O. The van der Waals surface area contributed by atoms with E-state index < -0.39 is 95.5 Å². The number of aliphatic hydroxyl groups is 5. The third-order valence-electron chi connectivity index (χ3n) is 13.7. The number of cyclic esters (lactones) is 1. The first-order valence-electron chi connectivity index (χ1n) is 21.4. The molecule has 15 heteroatoms. The van der Waals surface area contributed by atoms with Crippen molar-refractivity contribution in [2.24, 2.45) is 23.7 Å². The summed E-state index contributed by atoms with van der Waals surface area (Å²) in [5.41, 5.74) is -5.93. The van der Waals surface area contributed by atoms with Crippen LogP contribution in [0.3, 0.4) is 0 Å². The molecule has 4 aliphatic rings. The number of esters is 1. The minimum Gasteiger partial charge on any atom is -0.459 e. The molecule has 3 heterocycles. The van der Waals surface area contributed by atoms with Crippen molar-refractivity contribution in [1.82, 2.24) is 15.5 Å². The van der Waals surface area contributed by atoms with Crippen LogP contribution in [0.1, 0.15) is 108 Å². The predicted octanol–water partition coefficient (Wildman–Crippen LogP) is 1.93. The van der Waals surface area contributed by atoms with Gasteiger partial charge in [0.1, 0.15) is 35.1 Å². The Bertz CT molecular complexity index is 1290. The first-order valence-corrected chi connectivity index (χ1v) is 21.4. The third kappa shape index (κ3) is 11.1. The van der Waals surface area contributed by atoms with Crippen LogP contribution in [0.4, 0.5) is 0 Å². The highest BCUT2D eigenvalue weighted by Crippen LogP contribution is 2.43. The molecule has 0 aromatic heterocycles.